The molecular formula is C23H26BN5OS. The third-order valence-electron chi connectivity index (χ3n) is 6.10. The van der Waals surface area contributed by atoms with Crippen LogP contribution in [0.15, 0.2) is 48.0 Å². The molecule has 2 aromatic heterocycles. The number of hydrogen-bond donors (Lipinski definition) is 2. The number of piperidine rings is 1. The molecule has 3 aromatic rings. The van der Waals surface area contributed by atoms with Gasteiger partial charge in [0, 0.05) is 43.2 Å². The Morgan fingerprint density at radius 2 is 2.19 bits per heavy atom. The molecule has 2 N–H and O–H groups in total. The van der Waals surface area contributed by atoms with E-state index in [1.165, 1.54) is 25.1 Å². The Morgan fingerprint density at radius 1 is 1.29 bits per heavy atom. The second-order valence-corrected chi connectivity index (χ2v) is 9.39. The van der Waals surface area contributed by atoms with E-state index in [2.05, 4.69) is 31.8 Å². The van der Waals surface area contributed by atoms with Crippen LogP contribution in [0.2, 0.25) is 0 Å². The molecule has 5 rings (SSSR count). The van der Waals surface area contributed by atoms with Crippen molar-refractivity contribution in [2.45, 2.75) is 12.8 Å². The highest BCUT2D eigenvalue weighted by Crippen LogP contribution is 2.29. The fourth-order valence-corrected chi connectivity index (χ4v) is 5.42. The van der Waals surface area contributed by atoms with E-state index in [-0.39, 0.29) is 5.75 Å². The van der Waals surface area contributed by atoms with E-state index in [0.29, 0.717) is 34.2 Å². The molecule has 0 amide bonds. The quantitative estimate of drug-likeness (QED) is 0.586. The maximum Gasteiger partial charge on any atom is 0.150 e. The number of aromatic hydroxyl groups is 1. The van der Waals surface area contributed by atoms with Crippen molar-refractivity contribution >= 4 is 36.5 Å². The second kappa shape index (κ2) is 8.97. The van der Waals surface area contributed by atoms with Gasteiger partial charge in [-0.25, -0.2) is 4.98 Å². The van der Waals surface area contributed by atoms with Crippen LogP contribution in [0, 0.1) is 11.8 Å². The van der Waals surface area contributed by atoms with Gasteiger partial charge < -0.3 is 15.3 Å². The highest BCUT2D eigenvalue weighted by molar-refractivity contribution is 8.02. The first kappa shape index (κ1) is 20.5. The van der Waals surface area contributed by atoms with Crippen molar-refractivity contribution in [1.82, 2.24) is 19.5 Å². The van der Waals surface area contributed by atoms with Crippen molar-refractivity contribution in [3.63, 3.8) is 0 Å². The second-order valence-electron chi connectivity index (χ2n) is 8.45. The molecule has 1 aromatic carbocycles. The van der Waals surface area contributed by atoms with E-state index in [0.717, 1.165) is 25.5 Å². The van der Waals surface area contributed by atoms with Crippen LogP contribution in [0.1, 0.15) is 12.8 Å². The number of para-hydroxylation sites is 1. The number of aromatic nitrogens is 3. The Hall–Kier alpha value is -2.45. The summed E-state index contributed by atoms with van der Waals surface area (Å²) >= 11 is 1.92. The number of anilines is 1. The largest absolute Gasteiger partial charge is 0.507 e. The SMILES string of the molecule is [B]c1cnn2c(NCC3CCCN(CC4C=CSC4)C3)cc(-c3ccccc3O)nc12. The van der Waals surface area contributed by atoms with Crippen LogP contribution in [0.5, 0.6) is 5.75 Å². The van der Waals surface area contributed by atoms with Crippen LogP contribution in [0.25, 0.3) is 16.9 Å². The number of nitrogens with one attached hydrogen (secondary N) is 1. The highest BCUT2D eigenvalue weighted by atomic mass is 32.2. The topological polar surface area (TPSA) is 65.7 Å². The molecule has 2 radical (unpaired) electrons. The molecule has 4 heterocycles. The molecule has 2 unspecified atom stereocenters. The molecule has 2 aliphatic heterocycles. The van der Waals surface area contributed by atoms with Crippen molar-refractivity contribution in [3.8, 4) is 17.0 Å². The Balaban J connectivity index is 1.34. The Morgan fingerprint density at radius 3 is 3.03 bits per heavy atom. The van der Waals surface area contributed by atoms with E-state index in [4.69, 9.17) is 7.85 Å². The molecular weight excluding hydrogens is 405 g/mol. The summed E-state index contributed by atoms with van der Waals surface area (Å²) in [4.78, 5) is 7.26. The summed E-state index contributed by atoms with van der Waals surface area (Å²) in [5, 5.41) is 20.5. The van der Waals surface area contributed by atoms with Gasteiger partial charge >= 0.3 is 0 Å². The number of hydrogen-bond acceptors (Lipinski definition) is 6. The number of phenolic OH excluding ortho intramolecular Hbond substituents is 1. The lowest BCUT2D eigenvalue weighted by molar-refractivity contribution is 0.170. The van der Waals surface area contributed by atoms with Gasteiger partial charge in [-0.05, 0) is 54.2 Å². The number of nitrogens with zero attached hydrogens (tertiary/aromatic N) is 4. The molecule has 1 saturated heterocycles. The molecule has 31 heavy (non-hydrogen) atoms. The summed E-state index contributed by atoms with van der Waals surface area (Å²) in [5.74, 6) is 3.52. The zero-order valence-electron chi connectivity index (χ0n) is 17.4. The van der Waals surface area contributed by atoms with Crippen LogP contribution in [-0.2, 0) is 0 Å². The molecule has 0 aliphatic carbocycles. The zero-order chi connectivity index (χ0) is 21.2. The highest BCUT2D eigenvalue weighted by Gasteiger charge is 2.23. The molecule has 0 bridgehead atoms. The number of rotatable bonds is 6. The van der Waals surface area contributed by atoms with Crippen molar-refractivity contribution in [2.75, 3.05) is 37.2 Å². The molecule has 158 valence electrons. The lowest BCUT2D eigenvalue weighted by Crippen LogP contribution is -2.40. The average molecular weight is 431 g/mol. The number of fused-ring (bicyclic) bond motifs is 1. The third-order valence-corrected chi connectivity index (χ3v) is 7.07. The van der Waals surface area contributed by atoms with Gasteiger partial charge in [0.25, 0.3) is 0 Å². The Kier molecular flexibility index (Phi) is 5.92. The summed E-state index contributed by atoms with van der Waals surface area (Å²) in [6, 6.07) is 9.17. The minimum Gasteiger partial charge on any atom is -0.507 e. The standard InChI is InChI=1S/C23H26BN5OS/c24-19-12-26-29-22(10-20(27-23(19)29)18-5-1-2-6-21(18)30)25-11-16-4-3-8-28(13-16)14-17-7-9-31-15-17/h1-2,5-7,9-10,12,16-17,25,30H,3-4,8,11,13-15H2. The van der Waals surface area contributed by atoms with Crippen molar-refractivity contribution in [2.24, 2.45) is 11.8 Å². The summed E-state index contributed by atoms with van der Waals surface area (Å²) < 4.78 is 1.75. The lowest BCUT2D eigenvalue weighted by atomic mass is 9.97. The smallest absolute Gasteiger partial charge is 0.150 e. The van der Waals surface area contributed by atoms with Gasteiger partial charge in [0.15, 0.2) is 5.65 Å². The number of phenols is 1. The van der Waals surface area contributed by atoms with E-state index < -0.39 is 0 Å². The molecule has 0 saturated carbocycles. The summed E-state index contributed by atoms with van der Waals surface area (Å²) in [6.45, 7) is 4.33. The van der Waals surface area contributed by atoms with Crippen molar-refractivity contribution < 1.29 is 5.11 Å². The van der Waals surface area contributed by atoms with E-state index in [1.54, 1.807) is 22.8 Å². The van der Waals surface area contributed by atoms with Crippen LogP contribution < -0.4 is 10.8 Å². The van der Waals surface area contributed by atoms with Gasteiger partial charge in [-0.1, -0.05) is 18.2 Å². The average Bonchev–Trinajstić information content (AvgIpc) is 3.43. The van der Waals surface area contributed by atoms with Gasteiger partial charge in [0.1, 0.15) is 19.4 Å². The molecule has 0 spiro atoms. The van der Waals surface area contributed by atoms with Crippen LogP contribution in [0.3, 0.4) is 0 Å². The minimum atomic E-state index is 0.199. The third kappa shape index (κ3) is 4.46. The fourth-order valence-electron chi connectivity index (χ4n) is 4.51. The monoisotopic (exact) mass is 431 g/mol. The van der Waals surface area contributed by atoms with E-state index in [9.17, 15) is 5.11 Å². The Labute approximate surface area is 188 Å². The summed E-state index contributed by atoms with van der Waals surface area (Å²) in [5.41, 5.74) is 2.47. The van der Waals surface area contributed by atoms with Gasteiger partial charge in [0.05, 0.1) is 5.69 Å². The van der Waals surface area contributed by atoms with E-state index in [1.807, 2.05) is 30.0 Å². The molecule has 1 fully saturated rings. The van der Waals surface area contributed by atoms with Crippen LogP contribution in [0.4, 0.5) is 5.82 Å². The van der Waals surface area contributed by atoms with Crippen molar-refractivity contribution in [1.29, 1.82) is 0 Å². The zero-order valence-corrected chi connectivity index (χ0v) is 18.3. The molecule has 2 atom stereocenters. The summed E-state index contributed by atoms with van der Waals surface area (Å²) in [7, 11) is 6.12. The van der Waals surface area contributed by atoms with E-state index >= 15 is 0 Å². The molecule has 8 heteroatoms. The first-order chi connectivity index (χ1) is 15.2. The maximum absolute atomic E-state index is 10.3. The first-order valence-electron chi connectivity index (χ1n) is 10.8. The van der Waals surface area contributed by atoms with Gasteiger partial charge in [0.2, 0.25) is 0 Å². The van der Waals surface area contributed by atoms with Crippen molar-refractivity contribution in [3.05, 3.63) is 48.0 Å². The van der Waals surface area contributed by atoms with Crippen LogP contribution in [-0.4, -0.2) is 64.4 Å². The summed E-state index contributed by atoms with van der Waals surface area (Å²) in [6.07, 6.45) is 6.43. The lowest BCUT2D eigenvalue weighted by Gasteiger charge is -2.34. The predicted octanol–water partition coefficient (Wildman–Crippen LogP) is 2.90. The Bertz CT molecular complexity index is 1100. The van der Waals surface area contributed by atoms with Gasteiger partial charge in [-0.2, -0.15) is 9.61 Å². The number of likely N-dealkylation sites (tertiary alicyclic amines) is 1. The number of benzene rings is 1. The molecule has 2 aliphatic rings. The van der Waals surface area contributed by atoms with Crippen LogP contribution >= 0.6 is 11.8 Å². The van der Waals surface area contributed by atoms with Gasteiger partial charge in [-0.15, -0.1) is 11.8 Å². The maximum atomic E-state index is 10.3. The first-order valence-corrected chi connectivity index (χ1v) is 11.9. The molecule has 6 nitrogen and oxygen atoms in total. The fraction of sp³-hybridized carbons (Fsp3) is 0.391. The minimum absolute atomic E-state index is 0.199. The normalized spacial score (nSPS) is 21.7. The predicted molar refractivity (Wildman–Crippen MR) is 128 cm³/mol. The number of thioether (sulfide) groups is 1. The van der Waals surface area contributed by atoms with Gasteiger partial charge in [-0.3, -0.25) is 0 Å².